The van der Waals surface area contributed by atoms with Gasteiger partial charge < -0.3 is 0 Å². The Morgan fingerprint density at radius 1 is 1.00 bits per heavy atom. The summed E-state index contributed by atoms with van der Waals surface area (Å²) in [6, 6.07) is 0. The third-order valence-corrected chi connectivity index (χ3v) is 9.39. The van der Waals surface area contributed by atoms with Crippen molar-refractivity contribution in [1.82, 2.24) is 0 Å². The molecule has 0 spiro atoms. The van der Waals surface area contributed by atoms with Gasteiger partial charge in [-0.25, -0.2) is 0 Å². The summed E-state index contributed by atoms with van der Waals surface area (Å²) in [4.78, 5) is 0. The highest BCUT2D eigenvalue weighted by molar-refractivity contribution is 5.18. The predicted molar refractivity (Wildman–Crippen MR) is 138 cm³/mol. The van der Waals surface area contributed by atoms with Crippen LogP contribution in [-0.4, -0.2) is 0 Å². The number of hydrogen-bond donors (Lipinski definition) is 0. The first-order valence-corrected chi connectivity index (χ1v) is 14.3. The lowest BCUT2D eigenvalue weighted by Gasteiger charge is -2.32. The first kappa shape index (κ1) is 25.1. The van der Waals surface area contributed by atoms with Gasteiger partial charge in [-0.2, -0.15) is 0 Å². The van der Waals surface area contributed by atoms with Crippen LogP contribution in [0.5, 0.6) is 0 Å². The van der Waals surface area contributed by atoms with Crippen molar-refractivity contribution >= 4 is 0 Å². The topological polar surface area (TPSA) is 0 Å². The van der Waals surface area contributed by atoms with Gasteiger partial charge in [-0.1, -0.05) is 103 Å². The number of rotatable bonds is 13. The van der Waals surface area contributed by atoms with Crippen molar-refractivity contribution in [1.29, 1.82) is 0 Å². The van der Waals surface area contributed by atoms with Gasteiger partial charge in [0.25, 0.3) is 0 Å². The lowest BCUT2D eigenvalue weighted by molar-refractivity contribution is 0.206. The van der Waals surface area contributed by atoms with Gasteiger partial charge in [0, 0.05) is 0 Å². The SMILES string of the molecule is CC=C(C=CC(C)CC1CCC(CC23CC(C)CC2C3)CC1)CCCC(C)CCCC. The first-order valence-electron chi connectivity index (χ1n) is 14.3. The van der Waals surface area contributed by atoms with E-state index in [4.69, 9.17) is 0 Å². The van der Waals surface area contributed by atoms with Crippen molar-refractivity contribution in [3.63, 3.8) is 0 Å². The van der Waals surface area contributed by atoms with Crippen molar-refractivity contribution in [3.8, 4) is 0 Å². The second-order valence-corrected chi connectivity index (χ2v) is 12.5. The number of unbranched alkanes of at least 4 members (excludes halogenated alkanes) is 1. The standard InChI is InChI=1S/C31H54/c1-6-8-10-24(3)11-9-12-27(7-2)14-13-25(4)19-28-15-17-29(18-16-28)22-31-21-26(5)20-30(31)23-31/h7,13-14,24-26,28-30H,6,8-12,15-23H2,1-5H3. The van der Waals surface area contributed by atoms with Crippen LogP contribution >= 0.6 is 0 Å². The Kier molecular flexibility index (Phi) is 9.79. The van der Waals surface area contributed by atoms with E-state index in [2.05, 4.69) is 52.8 Å². The molecule has 0 aromatic carbocycles. The van der Waals surface area contributed by atoms with Crippen molar-refractivity contribution in [2.24, 2.45) is 40.9 Å². The summed E-state index contributed by atoms with van der Waals surface area (Å²) < 4.78 is 0. The Morgan fingerprint density at radius 3 is 2.35 bits per heavy atom. The average Bonchev–Trinajstić information content (AvgIpc) is 3.30. The minimum Gasteiger partial charge on any atom is -0.0845 e. The van der Waals surface area contributed by atoms with Gasteiger partial charge in [0.1, 0.15) is 0 Å². The van der Waals surface area contributed by atoms with E-state index in [1.54, 1.807) is 31.3 Å². The molecule has 5 unspecified atom stereocenters. The maximum Gasteiger partial charge on any atom is -0.0256 e. The molecule has 3 fully saturated rings. The molecule has 178 valence electrons. The fourth-order valence-corrected chi connectivity index (χ4v) is 7.43. The molecule has 0 amide bonds. The molecule has 0 radical (unpaired) electrons. The molecule has 0 heteroatoms. The smallest absolute Gasteiger partial charge is 0.0256 e. The Balaban J connectivity index is 1.30. The summed E-state index contributed by atoms with van der Waals surface area (Å²) in [5.41, 5.74) is 2.39. The first-order chi connectivity index (χ1) is 14.9. The van der Waals surface area contributed by atoms with E-state index >= 15 is 0 Å². The monoisotopic (exact) mass is 426 g/mol. The van der Waals surface area contributed by atoms with E-state index in [9.17, 15) is 0 Å². The van der Waals surface area contributed by atoms with Crippen LogP contribution in [0.2, 0.25) is 0 Å². The zero-order valence-electron chi connectivity index (χ0n) is 21.8. The van der Waals surface area contributed by atoms with E-state index in [1.165, 1.54) is 70.6 Å². The van der Waals surface area contributed by atoms with Crippen molar-refractivity contribution in [2.75, 3.05) is 0 Å². The Hall–Kier alpha value is -0.520. The molecular formula is C31H54. The van der Waals surface area contributed by atoms with Crippen LogP contribution in [0.4, 0.5) is 0 Å². The molecule has 0 aliphatic heterocycles. The Bertz CT molecular complexity index is 575. The molecule has 3 aliphatic rings. The fourth-order valence-electron chi connectivity index (χ4n) is 7.43. The minimum absolute atomic E-state index is 0.738. The molecule has 0 saturated heterocycles. The lowest BCUT2D eigenvalue weighted by Crippen LogP contribution is -2.19. The zero-order valence-corrected chi connectivity index (χ0v) is 21.8. The second-order valence-electron chi connectivity index (χ2n) is 12.5. The summed E-state index contributed by atoms with van der Waals surface area (Å²) >= 11 is 0. The largest absolute Gasteiger partial charge is 0.0845 e. The van der Waals surface area contributed by atoms with Crippen LogP contribution in [0.1, 0.15) is 131 Å². The van der Waals surface area contributed by atoms with Gasteiger partial charge >= 0.3 is 0 Å². The molecule has 0 aromatic rings. The highest BCUT2D eigenvalue weighted by atomic mass is 14.6. The third kappa shape index (κ3) is 7.78. The molecule has 0 aromatic heterocycles. The summed E-state index contributed by atoms with van der Waals surface area (Å²) in [6.07, 6.45) is 29.3. The molecular weight excluding hydrogens is 372 g/mol. The zero-order chi connectivity index (χ0) is 22.3. The van der Waals surface area contributed by atoms with Crippen LogP contribution in [0.3, 0.4) is 0 Å². The van der Waals surface area contributed by atoms with Crippen molar-refractivity contribution in [3.05, 3.63) is 23.8 Å². The number of allylic oxidation sites excluding steroid dienone is 4. The molecule has 3 aliphatic carbocycles. The van der Waals surface area contributed by atoms with Gasteiger partial charge in [0.15, 0.2) is 0 Å². The molecule has 0 bridgehead atoms. The van der Waals surface area contributed by atoms with E-state index in [0.717, 1.165) is 40.9 Å². The maximum absolute atomic E-state index is 2.52. The van der Waals surface area contributed by atoms with Gasteiger partial charge in [0.05, 0.1) is 0 Å². The van der Waals surface area contributed by atoms with Crippen LogP contribution in [-0.2, 0) is 0 Å². The molecule has 0 N–H and O–H groups in total. The van der Waals surface area contributed by atoms with Gasteiger partial charge in [-0.05, 0) is 92.8 Å². The van der Waals surface area contributed by atoms with Crippen molar-refractivity contribution in [2.45, 2.75) is 131 Å². The van der Waals surface area contributed by atoms with Crippen molar-refractivity contribution < 1.29 is 0 Å². The Morgan fingerprint density at radius 2 is 1.71 bits per heavy atom. The van der Waals surface area contributed by atoms with Crippen LogP contribution in [0.25, 0.3) is 0 Å². The molecule has 5 atom stereocenters. The summed E-state index contributed by atoms with van der Waals surface area (Å²) in [5, 5.41) is 0. The van der Waals surface area contributed by atoms with Gasteiger partial charge in [-0.3, -0.25) is 0 Å². The quantitative estimate of drug-likeness (QED) is 0.257. The van der Waals surface area contributed by atoms with Crippen LogP contribution in [0, 0.1) is 40.9 Å². The minimum atomic E-state index is 0.738. The van der Waals surface area contributed by atoms with Gasteiger partial charge in [-0.15, -0.1) is 0 Å². The molecule has 31 heavy (non-hydrogen) atoms. The lowest BCUT2D eigenvalue weighted by atomic mass is 9.74. The highest BCUT2D eigenvalue weighted by Crippen LogP contribution is 2.68. The maximum atomic E-state index is 2.52. The summed E-state index contributed by atoms with van der Waals surface area (Å²) in [5.74, 6) is 5.84. The molecule has 0 heterocycles. The molecule has 0 nitrogen and oxygen atoms in total. The number of fused-ring (bicyclic) bond motifs is 1. The van der Waals surface area contributed by atoms with E-state index in [-0.39, 0.29) is 0 Å². The predicted octanol–water partition coefficient (Wildman–Crippen LogP) is 10.1. The number of hydrogen-bond acceptors (Lipinski definition) is 0. The average molecular weight is 427 g/mol. The van der Waals surface area contributed by atoms with Crippen LogP contribution < -0.4 is 0 Å². The highest BCUT2D eigenvalue weighted by Gasteiger charge is 2.59. The van der Waals surface area contributed by atoms with E-state index in [1.807, 2.05) is 0 Å². The van der Waals surface area contributed by atoms with Gasteiger partial charge in [0.2, 0.25) is 0 Å². The summed E-state index contributed by atoms with van der Waals surface area (Å²) in [6.45, 7) is 11.9. The van der Waals surface area contributed by atoms with E-state index in [0.29, 0.717) is 0 Å². The van der Waals surface area contributed by atoms with E-state index < -0.39 is 0 Å². The second kappa shape index (κ2) is 12.1. The molecule has 3 saturated carbocycles. The normalized spacial score (nSPS) is 35.3. The Labute approximate surface area is 195 Å². The molecule has 3 rings (SSSR count). The fraction of sp³-hybridized carbons (Fsp3) is 0.871. The third-order valence-electron chi connectivity index (χ3n) is 9.39. The van der Waals surface area contributed by atoms with Crippen LogP contribution in [0.15, 0.2) is 23.8 Å². The summed E-state index contributed by atoms with van der Waals surface area (Å²) in [7, 11) is 0.